The van der Waals surface area contributed by atoms with Gasteiger partial charge in [-0.05, 0) is 26.3 Å². The first kappa shape index (κ1) is 23.0. The smallest absolute Gasteiger partial charge is 0.318 e. The van der Waals surface area contributed by atoms with E-state index in [0.717, 1.165) is 19.5 Å². The third-order valence-corrected chi connectivity index (χ3v) is 6.55. The molecule has 1 unspecified atom stereocenters. The number of carbonyl (C=O) groups is 3. The number of nitrogens with one attached hydrogen (secondary N) is 1. The molecule has 0 aromatic carbocycles. The molecular weight excluding hydrogens is 376 g/mol. The first-order valence-electron chi connectivity index (χ1n) is 10.5. The van der Waals surface area contributed by atoms with Crippen LogP contribution in [-0.2, 0) is 9.59 Å². The number of hydrogen-bond donors (Lipinski definition) is 1. The molecule has 3 amide bonds. The topological polar surface area (TPSA) is 73.0 Å². The zero-order valence-corrected chi connectivity index (χ0v) is 18.4. The number of likely N-dealkylation sites (N-methyl/N-ethyl adjacent to an activating group) is 1. The summed E-state index contributed by atoms with van der Waals surface area (Å²) in [5.74, 6) is 1.27. The van der Waals surface area contributed by atoms with Gasteiger partial charge in [0.1, 0.15) is 6.04 Å². The van der Waals surface area contributed by atoms with Crippen molar-refractivity contribution in [2.45, 2.75) is 52.0 Å². The van der Waals surface area contributed by atoms with Crippen molar-refractivity contribution < 1.29 is 14.4 Å². The highest BCUT2D eigenvalue weighted by Gasteiger charge is 2.26. The molecule has 0 spiro atoms. The van der Waals surface area contributed by atoms with E-state index in [4.69, 9.17) is 0 Å². The molecule has 2 fully saturated rings. The van der Waals surface area contributed by atoms with Crippen LogP contribution in [0.5, 0.6) is 0 Å². The molecule has 0 radical (unpaired) electrons. The molecule has 160 valence electrons. The van der Waals surface area contributed by atoms with Gasteiger partial charge < -0.3 is 20.0 Å². The number of amides is 3. The highest BCUT2D eigenvalue weighted by atomic mass is 32.2. The van der Waals surface area contributed by atoms with Gasteiger partial charge in [0.2, 0.25) is 5.91 Å². The van der Waals surface area contributed by atoms with E-state index in [-0.39, 0.29) is 17.1 Å². The van der Waals surface area contributed by atoms with Crippen molar-refractivity contribution in [2.75, 3.05) is 52.1 Å². The molecule has 2 aliphatic rings. The van der Waals surface area contributed by atoms with E-state index in [1.807, 2.05) is 11.9 Å². The lowest BCUT2D eigenvalue weighted by atomic mass is 10.0. The Morgan fingerprint density at radius 2 is 1.75 bits per heavy atom. The Morgan fingerprint density at radius 3 is 2.36 bits per heavy atom. The van der Waals surface area contributed by atoms with E-state index >= 15 is 0 Å². The quantitative estimate of drug-likeness (QED) is 0.660. The molecular formula is C20H36N4O3S. The van der Waals surface area contributed by atoms with E-state index in [1.165, 1.54) is 37.4 Å². The number of hydrogen-bond acceptors (Lipinski definition) is 5. The first-order valence-corrected chi connectivity index (χ1v) is 11.5. The van der Waals surface area contributed by atoms with Crippen LogP contribution in [0.4, 0.5) is 4.79 Å². The molecule has 0 bridgehead atoms. The van der Waals surface area contributed by atoms with Crippen LogP contribution in [0, 0.1) is 5.92 Å². The van der Waals surface area contributed by atoms with E-state index in [1.54, 1.807) is 18.7 Å². The van der Waals surface area contributed by atoms with E-state index in [2.05, 4.69) is 10.2 Å². The van der Waals surface area contributed by atoms with Crippen LogP contribution in [0.1, 0.15) is 46.0 Å². The molecule has 2 rings (SSSR count). The summed E-state index contributed by atoms with van der Waals surface area (Å²) in [5.41, 5.74) is 0. The number of rotatable bonds is 8. The number of urea groups is 1. The maximum atomic E-state index is 12.8. The van der Waals surface area contributed by atoms with Crippen molar-refractivity contribution in [1.82, 2.24) is 20.0 Å². The van der Waals surface area contributed by atoms with E-state index in [9.17, 15) is 14.4 Å². The lowest BCUT2D eigenvalue weighted by Gasteiger charge is -2.34. The Hall–Kier alpha value is -1.28. The van der Waals surface area contributed by atoms with Gasteiger partial charge in [-0.25, -0.2) is 4.79 Å². The van der Waals surface area contributed by atoms with Crippen molar-refractivity contribution >= 4 is 28.8 Å². The Bertz CT molecular complexity index is 532. The Balaban J connectivity index is 1.85. The summed E-state index contributed by atoms with van der Waals surface area (Å²) < 4.78 is 0. The van der Waals surface area contributed by atoms with Crippen LogP contribution in [0.15, 0.2) is 0 Å². The monoisotopic (exact) mass is 412 g/mol. The van der Waals surface area contributed by atoms with Crippen LogP contribution in [0.2, 0.25) is 0 Å². The summed E-state index contributed by atoms with van der Waals surface area (Å²) in [4.78, 5) is 42.5. The van der Waals surface area contributed by atoms with E-state index < -0.39 is 6.04 Å². The molecule has 1 aliphatic carbocycles. The standard InChI is InChI=1S/C20H36N4O3S/c1-16(19(26)23-12-10-22(3)11-13-23)21-20(27)24(14-15-28-17(2)25)9-8-18-6-4-5-7-18/h16,18H,4-15H2,1-3H3,(H,21,27). The zero-order chi connectivity index (χ0) is 20.5. The van der Waals surface area contributed by atoms with Gasteiger partial charge in [-0.15, -0.1) is 0 Å². The number of carbonyl (C=O) groups excluding carboxylic acids is 3. The summed E-state index contributed by atoms with van der Waals surface area (Å²) in [6.07, 6.45) is 6.06. The highest BCUT2D eigenvalue weighted by Crippen LogP contribution is 2.27. The maximum absolute atomic E-state index is 12.8. The van der Waals surface area contributed by atoms with Crippen LogP contribution in [0.25, 0.3) is 0 Å². The predicted molar refractivity (Wildman–Crippen MR) is 113 cm³/mol. The van der Waals surface area contributed by atoms with Gasteiger partial charge in [-0.1, -0.05) is 37.4 Å². The van der Waals surface area contributed by atoms with Crippen LogP contribution in [0.3, 0.4) is 0 Å². The normalized spacial score (nSPS) is 19.5. The molecule has 1 saturated heterocycles. The molecule has 7 nitrogen and oxygen atoms in total. The second-order valence-electron chi connectivity index (χ2n) is 8.07. The van der Waals surface area contributed by atoms with Gasteiger partial charge in [0.05, 0.1) is 0 Å². The fourth-order valence-electron chi connectivity index (χ4n) is 3.89. The molecule has 1 heterocycles. The Kier molecular flexibility index (Phi) is 9.58. The fraction of sp³-hybridized carbons (Fsp3) is 0.850. The molecule has 0 aromatic rings. The van der Waals surface area contributed by atoms with Gasteiger partial charge in [-0.2, -0.15) is 0 Å². The van der Waals surface area contributed by atoms with Crippen molar-refractivity contribution in [1.29, 1.82) is 0 Å². The minimum Gasteiger partial charge on any atom is -0.338 e. The Labute approximate surface area is 173 Å². The lowest BCUT2D eigenvalue weighted by molar-refractivity contribution is -0.134. The first-order chi connectivity index (χ1) is 13.4. The second-order valence-corrected chi connectivity index (χ2v) is 9.34. The van der Waals surface area contributed by atoms with Crippen LogP contribution < -0.4 is 5.32 Å². The van der Waals surface area contributed by atoms with Gasteiger partial charge in [-0.3, -0.25) is 9.59 Å². The summed E-state index contributed by atoms with van der Waals surface area (Å²) >= 11 is 1.24. The van der Waals surface area contributed by atoms with Gasteiger partial charge in [0, 0.05) is 51.9 Å². The van der Waals surface area contributed by atoms with Crippen LogP contribution >= 0.6 is 11.8 Å². The average molecular weight is 413 g/mol. The van der Waals surface area contributed by atoms with Crippen molar-refractivity contribution in [3.05, 3.63) is 0 Å². The third-order valence-electron chi connectivity index (χ3n) is 5.76. The number of piperazine rings is 1. The SMILES string of the molecule is CC(=O)SCCN(CCC1CCCC1)C(=O)NC(C)C(=O)N1CCN(C)CC1. The summed E-state index contributed by atoms with van der Waals surface area (Å²) in [5, 5.41) is 2.95. The summed E-state index contributed by atoms with van der Waals surface area (Å²) in [6, 6.07) is -0.734. The van der Waals surface area contributed by atoms with Crippen molar-refractivity contribution in [2.24, 2.45) is 5.92 Å². The van der Waals surface area contributed by atoms with Crippen molar-refractivity contribution in [3.63, 3.8) is 0 Å². The van der Waals surface area contributed by atoms with Crippen molar-refractivity contribution in [3.8, 4) is 0 Å². The lowest BCUT2D eigenvalue weighted by Crippen LogP contribution is -2.55. The minimum absolute atomic E-state index is 0.0182. The predicted octanol–water partition coefficient (Wildman–Crippen LogP) is 2.02. The molecule has 1 saturated carbocycles. The molecule has 1 aliphatic heterocycles. The maximum Gasteiger partial charge on any atom is 0.318 e. The fourth-order valence-corrected chi connectivity index (χ4v) is 4.49. The number of nitrogens with zero attached hydrogens (tertiary/aromatic N) is 3. The molecule has 0 aromatic heterocycles. The van der Waals surface area contributed by atoms with E-state index in [0.29, 0.717) is 37.8 Å². The Morgan fingerprint density at radius 1 is 1.11 bits per heavy atom. The molecule has 28 heavy (non-hydrogen) atoms. The number of thioether (sulfide) groups is 1. The third kappa shape index (κ3) is 7.62. The van der Waals surface area contributed by atoms with Gasteiger partial charge >= 0.3 is 6.03 Å². The van der Waals surface area contributed by atoms with Gasteiger partial charge in [0.15, 0.2) is 5.12 Å². The van der Waals surface area contributed by atoms with Gasteiger partial charge in [0.25, 0.3) is 0 Å². The molecule has 1 atom stereocenters. The molecule has 1 N–H and O–H groups in total. The largest absolute Gasteiger partial charge is 0.338 e. The average Bonchev–Trinajstić information content (AvgIpc) is 3.17. The zero-order valence-electron chi connectivity index (χ0n) is 17.6. The highest BCUT2D eigenvalue weighted by molar-refractivity contribution is 8.13. The molecule has 8 heteroatoms. The second kappa shape index (κ2) is 11.7. The minimum atomic E-state index is -0.537. The summed E-state index contributed by atoms with van der Waals surface area (Å²) in [7, 11) is 2.05. The summed E-state index contributed by atoms with van der Waals surface area (Å²) in [6.45, 7) is 7.65. The van der Waals surface area contributed by atoms with Crippen LogP contribution in [-0.4, -0.2) is 89.9 Å².